The van der Waals surface area contributed by atoms with E-state index >= 15 is 0 Å². The summed E-state index contributed by atoms with van der Waals surface area (Å²) in [5, 5.41) is 2.96. The van der Waals surface area contributed by atoms with Crippen molar-refractivity contribution in [1.29, 1.82) is 0 Å². The largest absolute Gasteiger partial charge is 0.495 e. The number of hydrogen-bond donors (Lipinski definition) is 2. The molecule has 2 N–H and O–H groups in total. The van der Waals surface area contributed by atoms with Gasteiger partial charge in [-0.1, -0.05) is 39.5 Å². The van der Waals surface area contributed by atoms with E-state index in [9.17, 15) is 13.2 Å². The Hall–Kier alpha value is -1.60. The normalized spacial score (nSPS) is 16.3. The molecule has 0 aliphatic heterocycles. The molecule has 0 bridgehead atoms. The van der Waals surface area contributed by atoms with Gasteiger partial charge in [0.15, 0.2) is 0 Å². The summed E-state index contributed by atoms with van der Waals surface area (Å²) in [4.78, 5) is 12.6. The highest BCUT2D eigenvalue weighted by atomic mass is 32.2. The number of ether oxygens (including phenoxy) is 1. The van der Waals surface area contributed by atoms with Gasteiger partial charge >= 0.3 is 0 Å². The number of rotatable bonds is 10. The minimum absolute atomic E-state index is 0.0158. The van der Waals surface area contributed by atoms with Gasteiger partial charge in [0.1, 0.15) is 10.6 Å². The third-order valence-electron chi connectivity index (χ3n) is 5.19. The van der Waals surface area contributed by atoms with E-state index in [-0.39, 0.29) is 28.6 Å². The molecule has 1 saturated carbocycles. The number of sulfonamides is 1. The minimum Gasteiger partial charge on any atom is -0.495 e. The Kier molecular flexibility index (Phi) is 8.31. The summed E-state index contributed by atoms with van der Waals surface area (Å²) in [6.07, 6.45) is 6.81. The van der Waals surface area contributed by atoms with E-state index in [4.69, 9.17) is 4.74 Å². The van der Waals surface area contributed by atoms with Crippen molar-refractivity contribution in [2.45, 2.75) is 82.7 Å². The van der Waals surface area contributed by atoms with Crippen LogP contribution in [-0.2, 0) is 10.0 Å². The third kappa shape index (κ3) is 6.48. The maximum atomic E-state index is 12.8. The highest BCUT2D eigenvalue weighted by Crippen LogP contribution is 2.27. The van der Waals surface area contributed by atoms with E-state index in [1.54, 1.807) is 12.1 Å². The van der Waals surface area contributed by atoms with Crippen LogP contribution in [0.4, 0.5) is 0 Å². The molecule has 1 aliphatic carbocycles. The van der Waals surface area contributed by atoms with Crippen LogP contribution >= 0.6 is 0 Å². The van der Waals surface area contributed by atoms with Gasteiger partial charge in [0.2, 0.25) is 10.0 Å². The number of benzene rings is 1. The zero-order chi connectivity index (χ0) is 20.7. The molecule has 0 heterocycles. The molecule has 1 fully saturated rings. The number of amides is 1. The second-order valence-corrected chi connectivity index (χ2v) is 9.85. The third-order valence-corrected chi connectivity index (χ3v) is 6.73. The lowest BCUT2D eigenvalue weighted by atomic mass is 10.0. The number of carbonyl (C=O) groups excluding carboxylic acids is 1. The fraction of sp³-hybridized carbons (Fsp3) is 0.667. The molecule has 1 aromatic rings. The zero-order valence-electron chi connectivity index (χ0n) is 17.5. The molecule has 1 unspecified atom stereocenters. The molecular formula is C21H34N2O4S. The lowest BCUT2D eigenvalue weighted by Crippen LogP contribution is -2.34. The van der Waals surface area contributed by atoms with E-state index in [0.29, 0.717) is 11.5 Å². The summed E-state index contributed by atoms with van der Waals surface area (Å²) in [5.74, 6) is 0.619. The number of methoxy groups -OCH3 is 1. The van der Waals surface area contributed by atoms with E-state index in [1.165, 1.54) is 13.2 Å². The molecule has 28 heavy (non-hydrogen) atoms. The van der Waals surface area contributed by atoms with Crippen molar-refractivity contribution in [3.8, 4) is 5.75 Å². The first-order valence-corrected chi connectivity index (χ1v) is 11.7. The average Bonchev–Trinajstić information content (AvgIpc) is 3.13. The Morgan fingerprint density at radius 2 is 1.86 bits per heavy atom. The van der Waals surface area contributed by atoms with Crippen LogP contribution in [0.1, 0.15) is 76.1 Å². The Morgan fingerprint density at radius 1 is 1.18 bits per heavy atom. The van der Waals surface area contributed by atoms with Crippen LogP contribution in [0, 0.1) is 5.92 Å². The monoisotopic (exact) mass is 410 g/mol. The molecule has 1 amide bonds. The zero-order valence-corrected chi connectivity index (χ0v) is 18.3. The van der Waals surface area contributed by atoms with Crippen LogP contribution in [0.3, 0.4) is 0 Å². The van der Waals surface area contributed by atoms with Crippen LogP contribution in [0.15, 0.2) is 23.1 Å². The van der Waals surface area contributed by atoms with Gasteiger partial charge in [-0.25, -0.2) is 13.1 Å². The highest BCUT2D eigenvalue weighted by Gasteiger charge is 2.26. The summed E-state index contributed by atoms with van der Waals surface area (Å²) < 4.78 is 33.7. The quantitative estimate of drug-likeness (QED) is 0.613. The fourth-order valence-corrected chi connectivity index (χ4v) is 5.07. The van der Waals surface area contributed by atoms with Gasteiger partial charge in [-0.2, -0.15) is 0 Å². The standard InChI is InChI=1S/C21H34N2O4S/c1-15(2)8-7-9-16(3)22-21(24)17-12-13-19(27-4)20(14-17)28(25,26)23-18-10-5-6-11-18/h12-16,18,23H,5-11H2,1-4H3,(H,22,24). The maximum Gasteiger partial charge on any atom is 0.251 e. The summed E-state index contributed by atoms with van der Waals surface area (Å²) in [6.45, 7) is 6.34. The molecule has 1 atom stereocenters. The Bertz CT molecular complexity index is 756. The van der Waals surface area contributed by atoms with Gasteiger partial charge in [0.25, 0.3) is 5.91 Å². The summed E-state index contributed by atoms with van der Waals surface area (Å²) in [7, 11) is -2.32. The van der Waals surface area contributed by atoms with Crippen LogP contribution in [-0.4, -0.2) is 33.5 Å². The van der Waals surface area contributed by atoms with Crippen molar-refractivity contribution in [3.05, 3.63) is 23.8 Å². The molecule has 6 nitrogen and oxygen atoms in total. The molecule has 0 radical (unpaired) electrons. The van der Waals surface area contributed by atoms with E-state index in [2.05, 4.69) is 23.9 Å². The van der Waals surface area contributed by atoms with Gasteiger partial charge in [-0.05, 0) is 50.3 Å². The van der Waals surface area contributed by atoms with Crippen LogP contribution in [0.25, 0.3) is 0 Å². The first-order valence-electron chi connectivity index (χ1n) is 10.2. The number of nitrogens with one attached hydrogen (secondary N) is 2. The second-order valence-electron chi connectivity index (χ2n) is 8.17. The Morgan fingerprint density at radius 3 is 2.46 bits per heavy atom. The van der Waals surface area contributed by atoms with Crippen molar-refractivity contribution < 1.29 is 17.9 Å². The van der Waals surface area contributed by atoms with Crippen molar-refractivity contribution >= 4 is 15.9 Å². The molecule has 0 aromatic heterocycles. The van der Waals surface area contributed by atoms with E-state index < -0.39 is 10.0 Å². The van der Waals surface area contributed by atoms with Crippen LogP contribution in [0.2, 0.25) is 0 Å². The summed E-state index contributed by atoms with van der Waals surface area (Å²) >= 11 is 0. The van der Waals surface area contributed by atoms with Gasteiger partial charge in [-0.15, -0.1) is 0 Å². The average molecular weight is 411 g/mol. The maximum absolute atomic E-state index is 12.8. The Balaban J connectivity index is 2.11. The van der Waals surface area contributed by atoms with Gasteiger partial charge in [-0.3, -0.25) is 4.79 Å². The number of hydrogen-bond acceptors (Lipinski definition) is 4. The molecule has 1 aromatic carbocycles. The van der Waals surface area contributed by atoms with Gasteiger partial charge < -0.3 is 10.1 Å². The van der Waals surface area contributed by atoms with Crippen LogP contribution < -0.4 is 14.8 Å². The smallest absolute Gasteiger partial charge is 0.251 e. The highest BCUT2D eigenvalue weighted by molar-refractivity contribution is 7.89. The van der Waals surface area contributed by atoms with Crippen molar-refractivity contribution in [2.75, 3.05) is 7.11 Å². The molecule has 0 saturated heterocycles. The topological polar surface area (TPSA) is 84.5 Å². The lowest BCUT2D eigenvalue weighted by Gasteiger charge is -2.17. The second kappa shape index (κ2) is 10.3. The van der Waals surface area contributed by atoms with E-state index in [0.717, 1.165) is 44.9 Å². The first kappa shape index (κ1) is 22.7. The van der Waals surface area contributed by atoms with Gasteiger partial charge in [0.05, 0.1) is 7.11 Å². The molecular weight excluding hydrogens is 376 g/mol. The predicted octanol–water partition coefficient (Wildman–Crippen LogP) is 3.86. The minimum atomic E-state index is -3.75. The predicted molar refractivity (Wildman–Crippen MR) is 111 cm³/mol. The summed E-state index contributed by atoms with van der Waals surface area (Å²) in [5.41, 5.74) is 0.323. The molecule has 1 aliphatic rings. The molecule has 2 rings (SSSR count). The SMILES string of the molecule is COc1ccc(C(=O)NC(C)CCCC(C)C)cc1S(=O)(=O)NC1CCCC1. The molecule has 0 spiro atoms. The van der Waals surface area contributed by atoms with Gasteiger partial charge in [0, 0.05) is 17.6 Å². The molecule has 7 heteroatoms. The molecule has 158 valence electrons. The van der Waals surface area contributed by atoms with Crippen molar-refractivity contribution in [3.63, 3.8) is 0 Å². The van der Waals surface area contributed by atoms with Crippen LogP contribution in [0.5, 0.6) is 5.75 Å². The van der Waals surface area contributed by atoms with Crippen molar-refractivity contribution in [1.82, 2.24) is 10.0 Å². The number of carbonyl (C=O) groups is 1. The first-order chi connectivity index (χ1) is 13.2. The summed E-state index contributed by atoms with van der Waals surface area (Å²) in [6, 6.07) is 4.54. The lowest BCUT2D eigenvalue weighted by molar-refractivity contribution is 0.0937. The van der Waals surface area contributed by atoms with E-state index in [1.807, 2.05) is 6.92 Å². The Labute approximate surface area is 169 Å². The van der Waals surface area contributed by atoms with Crippen molar-refractivity contribution in [2.24, 2.45) is 5.92 Å². The fourth-order valence-electron chi connectivity index (χ4n) is 3.57.